The van der Waals surface area contributed by atoms with Crippen LogP contribution in [0.1, 0.15) is 6.92 Å². The smallest absolute Gasteiger partial charge is 0.265 e. The van der Waals surface area contributed by atoms with Crippen molar-refractivity contribution in [3.8, 4) is 11.5 Å². The number of methoxy groups -OCH3 is 1. The van der Waals surface area contributed by atoms with Crippen LogP contribution in [0.15, 0.2) is 77.7 Å². The number of nitrogens with zero attached hydrogens (tertiary/aromatic N) is 2. The molecule has 1 aliphatic heterocycles. The summed E-state index contributed by atoms with van der Waals surface area (Å²) < 4.78 is 38.8. The van der Waals surface area contributed by atoms with Crippen LogP contribution in [0, 0.1) is 0 Å². The maximum Gasteiger partial charge on any atom is 0.265 e. The van der Waals surface area contributed by atoms with Gasteiger partial charge in [-0.2, -0.15) is 0 Å². The van der Waals surface area contributed by atoms with E-state index >= 15 is 0 Å². The van der Waals surface area contributed by atoms with Crippen molar-refractivity contribution in [3.05, 3.63) is 72.8 Å². The molecule has 0 saturated carbocycles. The number of carbonyl (C=O) groups excluding carboxylic acids is 2. The van der Waals surface area contributed by atoms with E-state index in [1.807, 2.05) is 6.07 Å². The summed E-state index contributed by atoms with van der Waals surface area (Å²) in [6.45, 7) is 1.52. The van der Waals surface area contributed by atoms with E-state index in [9.17, 15) is 18.0 Å². The van der Waals surface area contributed by atoms with Crippen LogP contribution in [0.4, 0.5) is 17.1 Å². The van der Waals surface area contributed by atoms with Crippen LogP contribution in [0.3, 0.4) is 0 Å². The zero-order valence-electron chi connectivity index (χ0n) is 19.3. The van der Waals surface area contributed by atoms with Gasteiger partial charge >= 0.3 is 0 Å². The number of nitrogens with one attached hydrogen (secondary N) is 1. The van der Waals surface area contributed by atoms with Gasteiger partial charge in [0.2, 0.25) is 5.91 Å². The number of carbonyl (C=O) groups is 2. The van der Waals surface area contributed by atoms with Crippen molar-refractivity contribution in [3.63, 3.8) is 0 Å². The summed E-state index contributed by atoms with van der Waals surface area (Å²) in [5, 5.41) is 2.69. The van der Waals surface area contributed by atoms with Crippen molar-refractivity contribution < 1.29 is 27.5 Å². The number of anilines is 3. The lowest BCUT2D eigenvalue weighted by molar-refractivity contribution is -0.123. The van der Waals surface area contributed by atoms with Crippen molar-refractivity contribution in [1.29, 1.82) is 0 Å². The van der Waals surface area contributed by atoms with Gasteiger partial charge in [-0.05, 0) is 49.4 Å². The van der Waals surface area contributed by atoms with Gasteiger partial charge in [0.25, 0.3) is 15.9 Å². The van der Waals surface area contributed by atoms with Gasteiger partial charge in [0.05, 0.1) is 29.1 Å². The Kier molecular flexibility index (Phi) is 6.92. The second-order valence-corrected chi connectivity index (χ2v) is 9.51. The van der Waals surface area contributed by atoms with E-state index in [-0.39, 0.29) is 41.9 Å². The molecule has 0 atom stereocenters. The van der Waals surface area contributed by atoms with Gasteiger partial charge in [-0.3, -0.25) is 18.8 Å². The van der Waals surface area contributed by atoms with E-state index in [0.29, 0.717) is 17.1 Å². The van der Waals surface area contributed by atoms with Crippen LogP contribution < -0.4 is 24.0 Å². The molecule has 35 heavy (non-hydrogen) atoms. The van der Waals surface area contributed by atoms with Crippen molar-refractivity contribution >= 4 is 38.9 Å². The second kappa shape index (κ2) is 10.1. The molecule has 0 bridgehead atoms. The van der Waals surface area contributed by atoms with E-state index in [1.54, 1.807) is 55.5 Å². The lowest BCUT2D eigenvalue weighted by atomic mass is 10.2. The van der Waals surface area contributed by atoms with Gasteiger partial charge in [-0.1, -0.05) is 30.3 Å². The van der Waals surface area contributed by atoms with E-state index in [4.69, 9.17) is 9.47 Å². The number of benzene rings is 3. The summed E-state index contributed by atoms with van der Waals surface area (Å²) in [7, 11) is -2.50. The van der Waals surface area contributed by atoms with Gasteiger partial charge in [0.15, 0.2) is 6.61 Å². The maximum atomic E-state index is 13.4. The third-order valence-electron chi connectivity index (χ3n) is 5.47. The average Bonchev–Trinajstić information content (AvgIpc) is 2.86. The second-order valence-electron chi connectivity index (χ2n) is 7.65. The van der Waals surface area contributed by atoms with Crippen LogP contribution in [0.2, 0.25) is 0 Å². The predicted molar refractivity (Wildman–Crippen MR) is 133 cm³/mol. The minimum atomic E-state index is -3.92. The van der Waals surface area contributed by atoms with Gasteiger partial charge < -0.3 is 14.8 Å². The van der Waals surface area contributed by atoms with Crippen LogP contribution >= 0.6 is 0 Å². The Morgan fingerprint density at radius 3 is 2.51 bits per heavy atom. The lowest BCUT2D eigenvalue weighted by Crippen LogP contribution is -2.43. The molecule has 1 N–H and O–H groups in total. The summed E-state index contributed by atoms with van der Waals surface area (Å²) in [5.74, 6) is -0.0817. The standard InChI is InChI=1S/C25H25N3O6S/c1-3-28(18-9-5-4-6-10-18)35(31,32)19-13-14-22(33-2)20(15-19)26-24(29)16-27-21-11-7-8-12-23(21)34-17-25(27)30/h4-15H,3,16-17H2,1-2H3,(H,26,29). The Morgan fingerprint density at radius 1 is 1.09 bits per heavy atom. The Morgan fingerprint density at radius 2 is 1.80 bits per heavy atom. The molecule has 0 saturated heterocycles. The molecule has 0 aliphatic carbocycles. The number of para-hydroxylation sites is 3. The molecule has 2 amide bonds. The fraction of sp³-hybridized carbons (Fsp3) is 0.200. The monoisotopic (exact) mass is 495 g/mol. The van der Waals surface area contributed by atoms with Crippen LogP contribution in [-0.4, -0.2) is 47.0 Å². The Balaban J connectivity index is 1.60. The number of rotatable bonds is 8. The highest BCUT2D eigenvalue weighted by molar-refractivity contribution is 7.92. The molecule has 1 aliphatic rings. The molecule has 10 heteroatoms. The molecule has 0 unspecified atom stereocenters. The largest absolute Gasteiger partial charge is 0.495 e. The highest BCUT2D eigenvalue weighted by Gasteiger charge is 2.28. The number of amides is 2. The summed E-state index contributed by atoms with van der Waals surface area (Å²) in [6.07, 6.45) is 0. The third kappa shape index (κ3) is 4.92. The van der Waals surface area contributed by atoms with Gasteiger partial charge in [-0.25, -0.2) is 8.42 Å². The molecular weight excluding hydrogens is 470 g/mol. The summed E-state index contributed by atoms with van der Waals surface area (Å²) >= 11 is 0. The number of hydrogen-bond acceptors (Lipinski definition) is 6. The lowest BCUT2D eigenvalue weighted by Gasteiger charge is -2.28. The van der Waals surface area contributed by atoms with Gasteiger partial charge in [0, 0.05) is 6.54 Å². The molecule has 4 rings (SSSR count). The molecule has 1 heterocycles. The van der Waals surface area contributed by atoms with Crippen LogP contribution in [0.25, 0.3) is 0 Å². The van der Waals surface area contributed by atoms with Gasteiger partial charge in [0.1, 0.15) is 18.0 Å². The highest BCUT2D eigenvalue weighted by atomic mass is 32.2. The SMILES string of the molecule is CCN(c1ccccc1)S(=O)(=O)c1ccc(OC)c(NC(=O)CN2C(=O)COc3ccccc32)c1. The minimum Gasteiger partial charge on any atom is -0.495 e. The summed E-state index contributed by atoms with van der Waals surface area (Å²) in [5.41, 5.74) is 1.20. The first-order valence-electron chi connectivity index (χ1n) is 10.9. The zero-order chi connectivity index (χ0) is 25.0. The maximum absolute atomic E-state index is 13.4. The number of hydrogen-bond donors (Lipinski definition) is 1. The normalized spacial score (nSPS) is 13.0. The Hall–Kier alpha value is -4.05. The van der Waals surface area contributed by atoms with E-state index in [0.717, 1.165) is 0 Å². The minimum absolute atomic E-state index is 0.00732. The fourth-order valence-corrected chi connectivity index (χ4v) is 5.32. The first-order chi connectivity index (χ1) is 16.8. The van der Waals surface area contributed by atoms with E-state index < -0.39 is 15.9 Å². The molecule has 182 valence electrons. The molecule has 3 aromatic carbocycles. The Labute approximate surface area is 203 Å². The van der Waals surface area contributed by atoms with Gasteiger partial charge in [-0.15, -0.1) is 0 Å². The quantitative estimate of drug-likeness (QED) is 0.514. The topological polar surface area (TPSA) is 105 Å². The average molecular weight is 496 g/mol. The molecule has 0 spiro atoms. The van der Waals surface area contributed by atoms with Crippen LogP contribution in [-0.2, 0) is 19.6 Å². The van der Waals surface area contributed by atoms with E-state index in [2.05, 4.69) is 5.32 Å². The number of fused-ring (bicyclic) bond motifs is 1. The third-order valence-corrected chi connectivity index (χ3v) is 7.37. The number of ether oxygens (including phenoxy) is 2. The molecule has 9 nitrogen and oxygen atoms in total. The van der Waals surface area contributed by atoms with Crippen molar-refractivity contribution in [2.45, 2.75) is 11.8 Å². The highest BCUT2D eigenvalue weighted by Crippen LogP contribution is 2.33. The summed E-state index contributed by atoms with van der Waals surface area (Å²) in [4.78, 5) is 26.6. The first-order valence-corrected chi connectivity index (χ1v) is 12.4. The van der Waals surface area contributed by atoms with Crippen LogP contribution in [0.5, 0.6) is 11.5 Å². The Bertz CT molecular complexity index is 1340. The van der Waals surface area contributed by atoms with Crippen molar-refractivity contribution in [2.75, 3.05) is 41.3 Å². The first kappa shape index (κ1) is 24.1. The molecule has 3 aromatic rings. The molecular formula is C25H25N3O6S. The number of sulfonamides is 1. The fourth-order valence-electron chi connectivity index (χ4n) is 3.82. The predicted octanol–water partition coefficient (Wildman–Crippen LogP) is 3.27. The zero-order valence-corrected chi connectivity index (χ0v) is 20.1. The molecule has 0 fully saturated rings. The summed E-state index contributed by atoms with van der Waals surface area (Å²) in [6, 6.07) is 20.0. The molecule has 0 aromatic heterocycles. The van der Waals surface area contributed by atoms with E-state index in [1.165, 1.54) is 34.5 Å². The van der Waals surface area contributed by atoms with Crippen molar-refractivity contribution in [2.24, 2.45) is 0 Å². The molecule has 0 radical (unpaired) electrons. The van der Waals surface area contributed by atoms with Crippen molar-refractivity contribution in [1.82, 2.24) is 0 Å².